The van der Waals surface area contributed by atoms with E-state index in [1.165, 1.54) is 37.4 Å². The van der Waals surface area contributed by atoms with Crippen molar-refractivity contribution in [1.29, 1.82) is 0 Å². The molecule has 1 atom stereocenters. The lowest BCUT2D eigenvalue weighted by Gasteiger charge is -2.16. The number of hydrogen-bond donors (Lipinski definition) is 3. The third-order valence-electron chi connectivity index (χ3n) is 3.35. The van der Waals surface area contributed by atoms with Gasteiger partial charge in [-0.2, -0.15) is 5.10 Å². The van der Waals surface area contributed by atoms with Gasteiger partial charge in [0.25, 0.3) is 5.91 Å². The van der Waals surface area contributed by atoms with Crippen LogP contribution in [0.2, 0.25) is 0 Å². The van der Waals surface area contributed by atoms with Crippen LogP contribution in [0.15, 0.2) is 53.6 Å². The normalized spacial score (nSPS) is 11.9. The number of aromatic hydroxyl groups is 1. The van der Waals surface area contributed by atoms with E-state index >= 15 is 0 Å². The van der Waals surface area contributed by atoms with E-state index in [9.17, 15) is 19.1 Å². The van der Waals surface area contributed by atoms with E-state index in [-0.39, 0.29) is 23.6 Å². The van der Waals surface area contributed by atoms with Crippen molar-refractivity contribution in [2.45, 2.75) is 19.4 Å². The van der Waals surface area contributed by atoms with Crippen LogP contribution in [0, 0.1) is 5.82 Å². The molecule has 2 amide bonds. The summed E-state index contributed by atoms with van der Waals surface area (Å²) in [5.74, 6) is -1.24. The van der Waals surface area contributed by atoms with Gasteiger partial charge in [-0.1, -0.05) is 30.3 Å². The molecule has 3 N–H and O–H groups in total. The molecule has 0 heterocycles. The highest BCUT2D eigenvalue weighted by molar-refractivity contribution is 5.88. The Morgan fingerprint density at radius 3 is 2.52 bits per heavy atom. The summed E-state index contributed by atoms with van der Waals surface area (Å²) in [7, 11) is 0. The first-order valence-electron chi connectivity index (χ1n) is 7.58. The Balaban J connectivity index is 2.03. The predicted octanol–water partition coefficient (Wildman–Crippen LogP) is 1.73. The smallest absolute Gasteiger partial charge is 0.262 e. The van der Waals surface area contributed by atoms with Crippen molar-refractivity contribution >= 4 is 18.0 Å². The summed E-state index contributed by atoms with van der Waals surface area (Å²) < 4.78 is 13.5. The van der Waals surface area contributed by atoms with Crippen LogP contribution in [0.4, 0.5) is 4.39 Å². The minimum Gasteiger partial charge on any atom is -0.508 e. The van der Waals surface area contributed by atoms with Gasteiger partial charge in [0.1, 0.15) is 17.6 Å². The van der Waals surface area contributed by atoms with Crippen LogP contribution < -0.4 is 10.7 Å². The first kappa shape index (κ1) is 18.1. The Hall–Kier alpha value is -3.22. The molecule has 25 heavy (non-hydrogen) atoms. The number of nitrogens with one attached hydrogen (secondary N) is 2. The summed E-state index contributed by atoms with van der Waals surface area (Å²) >= 11 is 0. The Morgan fingerprint density at radius 1 is 1.20 bits per heavy atom. The molecule has 0 spiro atoms. The Morgan fingerprint density at radius 2 is 1.88 bits per heavy atom. The first-order valence-corrected chi connectivity index (χ1v) is 7.58. The lowest BCUT2D eigenvalue weighted by atomic mass is 10.1. The van der Waals surface area contributed by atoms with E-state index in [1.54, 1.807) is 24.3 Å². The summed E-state index contributed by atoms with van der Waals surface area (Å²) in [5.41, 5.74) is 3.28. The SMILES string of the molecule is CC(=O)NC(Cc1ccc(O)cc1)C(=O)NN=Cc1ccccc1F. The van der Waals surface area contributed by atoms with Crippen LogP contribution >= 0.6 is 0 Å². The van der Waals surface area contributed by atoms with Crippen LogP contribution in [0.25, 0.3) is 0 Å². The molecule has 0 aliphatic heterocycles. The zero-order valence-corrected chi connectivity index (χ0v) is 13.6. The molecule has 2 aromatic carbocycles. The zero-order chi connectivity index (χ0) is 18.2. The molecule has 0 saturated carbocycles. The van der Waals surface area contributed by atoms with Crippen molar-refractivity contribution in [3.8, 4) is 5.75 Å². The van der Waals surface area contributed by atoms with Gasteiger partial charge in [-0.05, 0) is 23.8 Å². The Labute approximate surface area is 144 Å². The number of phenols is 1. The van der Waals surface area contributed by atoms with Gasteiger partial charge in [0.05, 0.1) is 6.21 Å². The maximum absolute atomic E-state index is 13.5. The van der Waals surface area contributed by atoms with E-state index in [0.717, 1.165) is 5.56 Å². The second-order valence-corrected chi connectivity index (χ2v) is 5.38. The highest BCUT2D eigenvalue weighted by Gasteiger charge is 2.19. The second-order valence-electron chi connectivity index (χ2n) is 5.38. The predicted molar refractivity (Wildman–Crippen MR) is 91.6 cm³/mol. The molecule has 1 unspecified atom stereocenters. The molecule has 0 saturated heterocycles. The number of phenolic OH excluding ortho intramolecular Hbond substituents is 1. The molecule has 6 nitrogen and oxygen atoms in total. The standard InChI is InChI=1S/C18H18FN3O3/c1-12(23)21-17(10-13-6-8-15(24)9-7-13)18(25)22-20-11-14-4-2-3-5-16(14)19/h2-9,11,17,24H,10H2,1H3,(H,21,23)(H,22,25). The summed E-state index contributed by atoms with van der Waals surface area (Å²) in [6.45, 7) is 1.31. The Bertz CT molecular complexity index is 775. The Kier molecular flexibility index (Phi) is 6.22. The summed E-state index contributed by atoms with van der Waals surface area (Å²) in [4.78, 5) is 23.6. The molecule has 0 aliphatic rings. The third kappa shape index (κ3) is 5.72. The molecule has 0 bridgehead atoms. The molecule has 130 valence electrons. The molecule has 0 aromatic heterocycles. The number of rotatable bonds is 6. The number of amides is 2. The molecule has 2 rings (SSSR count). The molecule has 0 aliphatic carbocycles. The lowest BCUT2D eigenvalue weighted by Crippen LogP contribution is -2.46. The van der Waals surface area contributed by atoms with E-state index in [1.807, 2.05) is 0 Å². The van der Waals surface area contributed by atoms with Crippen molar-refractivity contribution in [1.82, 2.24) is 10.7 Å². The molecule has 0 radical (unpaired) electrons. The van der Waals surface area contributed by atoms with Crippen LogP contribution in [-0.2, 0) is 16.0 Å². The number of carbonyl (C=O) groups excluding carboxylic acids is 2. The van der Waals surface area contributed by atoms with Gasteiger partial charge in [-0.15, -0.1) is 0 Å². The van der Waals surface area contributed by atoms with Gasteiger partial charge >= 0.3 is 0 Å². The maximum Gasteiger partial charge on any atom is 0.262 e. The van der Waals surface area contributed by atoms with Gasteiger partial charge < -0.3 is 10.4 Å². The average molecular weight is 343 g/mol. The number of hydrogen-bond acceptors (Lipinski definition) is 4. The summed E-state index contributed by atoms with van der Waals surface area (Å²) in [5, 5.41) is 15.6. The summed E-state index contributed by atoms with van der Waals surface area (Å²) in [6.07, 6.45) is 1.42. The largest absolute Gasteiger partial charge is 0.508 e. The monoisotopic (exact) mass is 343 g/mol. The van der Waals surface area contributed by atoms with Crippen molar-refractivity contribution < 1.29 is 19.1 Å². The first-order chi connectivity index (χ1) is 12.0. The van der Waals surface area contributed by atoms with Gasteiger partial charge in [0.15, 0.2) is 0 Å². The number of hydrazone groups is 1. The van der Waals surface area contributed by atoms with E-state index in [0.29, 0.717) is 0 Å². The van der Waals surface area contributed by atoms with Crippen LogP contribution in [0.3, 0.4) is 0 Å². The lowest BCUT2D eigenvalue weighted by molar-refractivity contribution is -0.128. The van der Waals surface area contributed by atoms with E-state index < -0.39 is 17.8 Å². The van der Waals surface area contributed by atoms with Crippen LogP contribution in [0.1, 0.15) is 18.1 Å². The van der Waals surface area contributed by atoms with Crippen molar-refractivity contribution in [3.05, 3.63) is 65.5 Å². The summed E-state index contributed by atoms with van der Waals surface area (Å²) in [6, 6.07) is 11.5. The number of carbonyl (C=O) groups is 2. The second kappa shape index (κ2) is 8.58. The zero-order valence-electron chi connectivity index (χ0n) is 13.6. The van der Waals surface area contributed by atoms with Gasteiger partial charge in [-0.3, -0.25) is 9.59 Å². The quantitative estimate of drug-likeness (QED) is 0.551. The van der Waals surface area contributed by atoms with E-state index in [2.05, 4.69) is 15.8 Å². The van der Waals surface area contributed by atoms with E-state index in [4.69, 9.17) is 0 Å². The van der Waals surface area contributed by atoms with Gasteiger partial charge in [0.2, 0.25) is 5.91 Å². The molecular weight excluding hydrogens is 325 g/mol. The minimum atomic E-state index is -0.847. The highest BCUT2D eigenvalue weighted by Crippen LogP contribution is 2.11. The molecule has 0 fully saturated rings. The van der Waals surface area contributed by atoms with Gasteiger partial charge in [0, 0.05) is 18.9 Å². The third-order valence-corrected chi connectivity index (χ3v) is 3.35. The molecule has 7 heteroatoms. The van der Waals surface area contributed by atoms with Crippen molar-refractivity contribution in [2.24, 2.45) is 5.10 Å². The fraction of sp³-hybridized carbons (Fsp3) is 0.167. The molecule has 2 aromatic rings. The van der Waals surface area contributed by atoms with Gasteiger partial charge in [-0.25, -0.2) is 9.82 Å². The fourth-order valence-corrected chi connectivity index (χ4v) is 2.15. The number of benzene rings is 2. The van der Waals surface area contributed by atoms with Crippen LogP contribution in [0.5, 0.6) is 5.75 Å². The van der Waals surface area contributed by atoms with Crippen molar-refractivity contribution in [2.75, 3.05) is 0 Å². The molecular formula is C18H18FN3O3. The van der Waals surface area contributed by atoms with Crippen LogP contribution in [-0.4, -0.2) is 29.2 Å². The average Bonchev–Trinajstić information content (AvgIpc) is 2.57. The van der Waals surface area contributed by atoms with Crippen molar-refractivity contribution in [3.63, 3.8) is 0 Å². The maximum atomic E-state index is 13.5. The number of halogens is 1. The fourth-order valence-electron chi connectivity index (χ4n) is 2.15. The minimum absolute atomic E-state index is 0.110. The number of nitrogens with zero attached hydrogens (tertiary/aromatic N) is 1. The topological polar surface area (TPSA) is 90.8 Å². The highest BCUT2D eigenvalue weighted by atomic mass is 19.1.